The summed E-state index contributed by atoms with van der Waals surface area (Å²) in [5, 5.41) is 5.85. The Hall–Kier alpha value is -1.06. The summed E-state index contributed by atoms with van der Waals surface area (Å²) in [7, 11) is 0. The van der Waals surface area contributed by atoms with Gasteiger partial charge in [-0.25, -0.2) is 0 Å². The molecule has 16 heavy (non-hydrogen) atoms. The quantitative estimate of drug-likeness (QED) is 0.760. The number of hydrogen-bond acceptors (Lipinski definition) is 2. The van der Waals surface area contributed by atoms with Gasteiger partial charge >= 0.3 is 0 Å². The van der Waals surface area contributed by atoms with E-state index < -0.39 is 0 Å². The average molecular weight is 226 g/mol. The van der Waals surface area contributed by atoms with Crippen LogP contribution in [0.15, 0.2) is 0 Å². The maximum absolute atomic E-state index is 11.0. The van der Waals surface area contributed by atoms with Crippen LogP contribution >= 0.6 is 0 Å². The molecule has 2 amide bonds. The van der Waals surface area contributed by atoms with Gasteiger partial charge in [0.1, 0.15) is 0 Å². The molecule has 4 heteroatoms. The van der Waals surface area contributed by atoms with Crippen molar-refractivity contribution in [3.63, 3.8) is 0 Å². The van der Waals surface area contributed by atoms with Crippen LogP contribution in [-0.4, -0.2) is 24.4 Å². The molecule has 0 bridgehead atoms. The zero-order valence-corrected chi connectivity index (χ0v) is 10.4. The summed E-state index contributed by atoms with van der Waals surface area (Å²) in [5.41, 5.74) is 0.122. The topological polar surface area (TPSA) is 58.2 Å². The summed E-state index contributed by atoms with van der Waals surface area (Å²) in [5.74, 6) is 0.0525. The minimum Gasteiger partial charge on any atom is -0.356 e. The number of amides is 2. The fourth-order valence-corrected chi connectivity index (χ4v) is 2.48. The van der Waals surface area contributed by atoms with Gasteiger partial charge in [0.05, 0.1) is 0 Å². The first-order valence-corrected chi connectivity index (χ1v) is 5.93. The highest BCUT2D eigenvalue weighted by molar-refractivity contribution is 5.73. The molecule has 0 aromatic carbocycles. The van der Waals surface area contributed by atoms with E-state index in [9.17, 15) is 9.59 Å². The van der Waals surface area contributed by atoms with Crippen LogP contribution in [0.2, 0.25) is 0 Å². The number of carbonyl (C=O) groups is 2. The summed E-state index contributed by atoms with van der Waals surface area (Å²) in [4.78, 5) is 21.9. The minimum atomic E-state index is 0.0166. The fraction of sp³-hybridized carbons (Fsp3) is 0.833. The highest BCUT2D eigenvalue weighted by atomic mass is 16.2. The van der Waals surface area contributed by atoms with Gasteiger partial charge in [-0.1, -0.05) is 13.3 Å². The van der Waals surface area contributed by atoms with Crippen molar-refractivity contribution in [1.29, 1.82) is 0 Å². The Bertz CT molecular complexity index is 278. The monoisotopic (exact) mass is 226 g/mol. The summed E-state index contributed by atoms with van der Waals surface area (Å²) in [6, 6.07) is 0.269. The largest absolute Gasteiger partial charge is 0.356 e. The molecule has 2 unspecified atom stereocenters. The molecule has 1 rings (SSSR count). The lowest BCUT2D eigenvalue weighted by molar-refractivity contribution is -0.121. The molecule has 4 nitrogen and oxygen atoms in total. The van der Waals surface area contributed by atoms with Gasteiger partial charge in [-0.15, -0.1) is 0 Å². The smallest absolute Gasteiger partial charge is 0.217 e. The van der Waals surface area contributed by atoms with Gasteiger partial charge in [0.2, 0.25) is 11.8 Å². The molecule has 2 N–H and O–H groups in total. The van der Waals surface area contributed by atoms with Gasteiger partial charge in [0, 0.05) is 26.4 Å². The third kappa shape index (κ3) is 4.21. The second-order valence-corrected chi connectivity index (χ2v) is 5.21. The Morgan fingerprint density at radius 2 is 2.00 bits per heavy atom. The SMILES string of the molecule is CC(=O)NCC1(C)CCCC(NC(C)=O)C1. The molecular weight excluding hydrogens is 204 g/mol. The maximum Gasteiger partial charge on any atom is 0.217 e. The Morgan fingerprint density at radius 1 is 1.31 bits per heavy atom. The zero-order valence-electron chi connectivity index (χ0n) is 10.4. The van der Waals surface area contributed by atoms with E-state index in [1.807, 2.05) is 0 Å². The van der Waals surface area contributed by atoms with Crippen molar-refractivity contribution in [2.45, 2.75) is 52.5 Å². The van der Waals surface area contributed by atoms with E-state index in [0.29, 0.717) is 6.54 Å². The van der Waals surface area contributed by atoms with Crippen LogP contribution in [0.4, 0.5) is 0 Å². The Kier molecular flexibility index (Phi) is 4.33. The summed E-state index contributed by atoms with van der Waals surface area (Å²) >= 11 is 0. The third-order valence-corrected chi connectivity index (χ3v) is 3.24. The van der Waals surface area contributed by atoms with E-state index in [0.717, 1.165) is 25.7 Å². The van der Waals surface area contributed by atoms with Crippen molar-refractivity contribution in [2.24, 2.45) is 5.41 Å². The standard InChI is InChI=1S/C12H22N2O2/c1-9(15)13-8-12(3)6-4-5-11(7-12)14-10(2)16/h11H,4-8H2,1-3H3,(H,13,15)(H,14,16). The fourth-order valence-electron chi connectivity index (χ4n) is 2.48. The molecule has 1 aliphatic rings. The van der Waals surface area contributed by atoms with Gasteiger partial charge in [-0.05, 0) is 24.7 Å². The highest BCUT2D eigenvalue weighted by Crippen LogP contribution is 2.35. The van der Waals surface area contributed by atoms with E-state index in [-0.39, 0.29) is 23.3 Å². The molecule has 1 fully saturated rings. The van der Waals surface area contributed by atoms with Crippen LogP contribution in [0.25, 0.3) is 0 Å². The van der Waals surface area contributed by atoms with Crippen molar-refractivity contribution >= 4 is 11.8 Å². The van der Waals surface area contributed by atoms with Crippen LogP contribution in [0.3, 0.4) is 0 Å². The first kappa shape index (κ1) is 13.0. The second-order valence-electron chi connectivity index (χ2n) is 5.21. The molecule has 2 atom stereocenters. The Labute approximate surface area is 97.2 Å². The molecule has 0 aromatic heterocycles. The van der Waals surface area contributed by atoms with Crippen LogP contribution in [0, 0.1) is 5.41 Å². The molecule has 0 aromatic rings. The van der Waals surface area contributed by atoms with Gasteiger partial charge in [-0.3, -0.25) is 9.59 Å². The molecule has 92 valence electrons. The lowest BCUT2D eigenvalue weighted by Gasteiger charge is -2.38. The van der Waals surface area contributed by atoms with Gasteiger partial charge < -0.3 is 10.6 Å². The summed E-state index contributed by atoms with van der Waals surface area (Å²) in [6.45, 7) is 5.98. The van der Waals surface area contributed by atoms with E-state index in [2.05, 4.69) is 17.6 Å². The third-order valence-electron chi connectivity index (χ3n) is 3.24. The van der Waals surface area contributed by atoms with Crippen molar-refractivity contribution in [2.75, 3.05) is 6.54 Å². The molecule has 0 radical (unpaired) electrons. The van der Waals surface area contributed by atoms with Crippen molar-refractivity contribution in [3.8, 4) is 0 Å². The van der Waals surface area contributed by atoms with E-state index in [4.69, 9.17) is 0 Å². The Morgan fingerprint density at radius 3 is 2.56 bits per heavy atom. The van der Waals surface area contributed by atoms with E-state index in [1.165, 1.54) is 6.92 Å². The molecule has 0 saturated heterocycles. The Balaban J connectivity index is 2.47. The van der Waals surface area contributed by atoms with Gasteiger partial charge in [-0.2, -0.15) is 0 Å². The molecule has 0 aliphatic heterocycles. The average Bonchev–Trinajstić information content (AvgIpc) is 2.14. The predicted octanol–water partition coefficient (Wildman–Crippen LogP) is 1.21. The van der Waals surface area contributed by atoms with Crippen LogP contribution in [0.5, 0.6) is 0 Å². The maximum atomic E-state index is 11.0. The lowest BCUT2D eigenvalue weighted by Crippen LogP contribution is -2.45. The highest BCUT2D eigenvalue weighted by Gasteiger charge is 2.32. The number of nitrogens with one attached hydrogen (secondary N) is 2. The molecule has 0 spiro atoms. The second kappa shape index (κ2) is 5.32. The van der Waals surface area contributed by atoms with E-state index >= 15 is 0 Å². The lowest BCUT2D eigenvalue weighted by atomic mass is 9.73. The predicted molar refractivity (Wildman–Crippen MR) is 62.9 cm³/mol. The van der Waals surface area contributed by atoms with Crippen molar-refractivity contribution in [3.05, 3.63) is 0 Å². The molecule has 1 aliphatic carbocycles. The molecule has 0 heterocycles. The van der Waals surface area contributed by atoms with Gasteiger partial charge in [0.15, 0.2) is 0 Å². The number of rotatable bonds is 3. The summed E-state index contributed by atoms with van der Waals surface area (Å²) in [6.07, 6.45) is 4.23. The number of hydrogen-bond donors (Lipinski definition) is 2. The van der Waals surface area contributed by atoms with E-state index in [1.54, 1.807) is 6.92 Å². The van der Waals surface area contributed by atoms with Crippen molar-refractivity contribution in [1.82, 2.24) is 10.6 Å². The summed E-state index contributed by atoms with van der Waals surface area (Å²) < 4.78 is 0. The first-order valence-electron chi connectivity index (χ1n) is 5.93. The van der Waals surface area contributed by atoms with Crippen molar-refractivity contribution < 1.29 is 9.59 Å². The number of carbonyl (C=O) groups excluding carboxylic acids is 2. The minimum absolute atomic E-state index is 0.0166. The zero-order chi connectivity index (χ0) is 12.2. The van der Waals surface area contributed by atoms with Crippen LogP contribution in [0.1, 0.15) is 46.5 Å². The van der Waals surface area contributed by atoms with Crippen LogP contribution in [-0.2, 0) is 9.59 Å². The molecular formula is C12H22N2O2. The molecule has 1 saturated carbocycles. The normalized spacial score (nSPS) is 29.6. The van der Waals surface area contributed by atoms with Gasteiger partial charge in [0.25, 0.3) is 0 Å². The first-order chi connectivity index (χ1) is 7.41. The van der Waals surface area contributed by atoms with Crippen LogP contribution < -0.4 is 10.6 Å².